The molecule has 0 saturated heterocycles. The minimum absolute atomic E-state index is 0.0811. The number of nitrogen functional groups attached to an aromatic ring is 1. The lowest BCUT2D eigenvalue weighted by molar-refractivity contribution is 0.361. The van der Waals surface area contributed by atoms with Crippen LogP contribution in [0.2, 0.25) is 0 Å². The van der Waals surface area contributed by atoms with Gasteiger partial charge in [0.2, 0.25) is 0 Å². The second kappa shape index (κ2) is 6.20. The quantitative estimate of drug-likeness (QED) is 0.922. The van der Waals surface area contributed by atoms with Gasteiger partial charge in [0.1, 0.15) is 17.5 Å². The molecule has 118 valence electrons. The van der Waals surface area contributed by atoms with Crippen LogP contribution in [-0.2, 0) is 5.41 Å². The third-order valence-electron chi connectivity index (χ3n) is 4.45. The Balaban J connectivity index is 2.22. The highest BCUT2D eigenvalue weighted by molar-refractivity contribution is 5.56. The van der Waals surface area contributed by atoms with E-state index in [0.717, 1.165) is 29.7 Å². The number of hydrogen-bond donors (Lipinski definition) is 1. The van der Waals surface area contributed by atoms with Crippen LogP contribution in [0.3, 0.4) is 0 Å². The summed E-state index contributed by atoms with van der Waals surface area (Å²) in [4.78, 5) is 11.6. The summed E-state index contributed by atoms with van der Waals surface area (Å²) in [5.41, 5.74) is 7.03. The van der Waals surface area contributed by atoms with Crippen molar-refractivity contribution < 1.29 is 0 Å². The first-order chi connectivity index (χ1) is 9.79. The van der Waals surface area contributed by atoms with Crippen molar-refractivity contribution in [2.45, 2.75) is 65.2 Å². The Hall–Kier alpha value is -1.32. The number of rotatable bonds is 3. The molecule has 2 N–H and O–H groups in total. The average molecular weight is 290 g/mol. The lowest BCUT2D eigenvalue weighted by Gasteiger charge is -2.29. The molecular formula is C17H30N4. The van der Waals surface area contributed by atoms with Crippen molar-refractivity contribution >= 4 is 11.6 Å². The maximum Gasteiger partial charge on any atom is 0.138 e. The fourth-order valence-electron chi connectivity index (χ4n) is 3.07. The summed E-state index contributed by atoms with van der Waals surface area (Å²) in [5.74, 6) is 3.23. The summed E-state index contributed by atoms with van der Waals surface area (Å²) in [7, 11) is 2.13. The average Bonchev–Trinajstić information content (AvgIpc) is 2.41. The predicted octanol–water partition coefficient (Wildman–Crippen LogP) is 3.68. The molecule has 1 heterocycles. The van der Waals surface area contributed by atoms with Crippen molar-refractivity contribution in [2.75, 3.05) is 24.2 Å². The number of hydrogen-bond acceptors (Lipinski definition) is 4. The van der Waals surface area contributed by atoms with Gasteiger partial charge in [0.25, 0.3) is 0 Å². The van der Waals surface area contributed by atoms with Crippen LogP contribution >= 0.6 is 0 Å². The Kier molecular flexibility index (Phi) is 4.74. The normalized spacial score (nSPS) is 17.0. The number of anilines is 2. The highest BCUT2D eigenvalue weighted by atomic mass is 15.2. The molecule has 0 unspecified atom stereocenters. The first kappa shape index (κ1) is 16.1. The SMILES string of the molecule is Cc1c(N)nc(C(C)(C)C)nc1N(C)CC1CCCCC1. The van der Waals surface area contributed by atoms with Crippen molar-refractivity contribution in [3.63, 3.8) is 0 Å². The Morgan fingerprint density at radius 1 is 1.14 bits per heavy atom. The van der Waals surface area contributed by atoms with Gasteiger partial charge in [-0.1, -0.05) is 40.0 Å². The van der Waals surface area contributed by atoms with E-state index in [-0.39, 0.29) is 5.41 Å². The smallest absolute Gasteiger partial charge is 0.138 e. The summed E-state index contributed by atoms with van der Waals surface area (Å²) in [5, 5.41) is 0. The summed E-state index contributed by atoms with van der Waals surface area (Å²) in [6, 6.07) is 0. The topological polar surface area (TPSA) is 55.0 Å². The van der Waals surface area contributed by atoms with E-state index in [1.807, 2.05) is 6.92 Å². The maximum atomic E-state index is 6.11. The van der Waals surface area contributed by atoms with Crippen LogP contribution in [0.4, 0.5) is 11.6 Å². The van der Waals surface area contributed by atoms with Crippen LogP contribution in [0.15, 0.2) is 0 Å². The van der Waals surface area contributed by atoms with E-state index < -0.39 is 0 Å². The zero-order valence-corrected chi connectivity index (χ0v) is 14.2. The Morgan fingerprint density at radius 3 is 2.33 bits per heavy atom. The Labute approximate surface area is 129 Å². The van der Waals surface area contributed by atoms with Gasteiger partial charge in [-0.15, -0.1) is 0 Å². The minimum atomic E-state index is -0.0811. The van der Waals surface area contributed by atoms with Gasteiger partial charge in [0.05, 0.1) is 0 Å². The van der Waals surface area contributed by atoms with Gasteiger partial charge in [-0.2, -0.15) is 0 Å². The molecule has 1 aliphatic carbocycles. The number of aromatic nitrogens is 2. The summed E-state index contributed by atoms with van der Waals surface area (Å²) < 4.78 is 0. The number of nitrogens with zero attached hydrogens (tertiary/aromatic N) is 3. The van der Waals surface area contributed by atoms with Crippen LogP contribution < -0.4 is 10.6 Å². The highest BCUT2D eigenvalue weighted by Crippen LogP contribution is 2.29. The zero-order chi connectivity index (χ0) is 15.6. The summed E-state index contributed by atoms with van der Waals surface area (Å²) in [6.45, 7) is 9.47. The minimum Gasteiger partial charge on any atom is -0.383 e. The second-order valence-electron chi connectivity index (χ2n) is 7.52. The zero-order valence-electron chi connectivity index (χ0n) is 14.2. The van der Waals surface area contributed by atoms with Crippen molar-refractivity contribution in [3.8, 4) is 0 Å². The predicted molar refractivity (Wildman–Crippen MR) is 89.7 cm³/mol. The van der Waals surface area contributed by atoms with Crippen LogP contribution in [0.25, 0.3) is 0 Å². The summed E-state index contributed by atoms with van der Waals surface area (Å²) in [6.07, 6.45) is 6.83. The van der Waals surface area contributed by atoms with E-state index in [9.17, 15) is 0 Å². The van der Waals surface area contributed by atoms with Crippen LogP contribution in [0.1, 0.15) is 64.3 Å². The van der Waals surface area contributed by atoms with Crippen molar-refractivity contribution in [2.24, 2.45) is 5.92 Å². The van der Waals surface area contributed by atoms with E-state index >= 15 is 0 Å². The van der Waals surface area contributed by atoms with Crippen LogP contribution in [0.5, 0.6) is 0 Å². The third-order valence-corrected chi connectivity index (χ3v) is 4.45. The van der Waals surface area contributed by atoms with Gasteiger partial charge in [-0.05, 0) is 25.7 Å². The second-order valence-corrected chi connectivity index (χ2v) is 7.52. The van der Waals surface area contributed by atoms with Gasteiger partial charge in [0.15, 0.2) is 0 Å². The van der Waals surface area contributed by atoms with Gasteiger partial charge >= 0.3 is 0 Å². The summed E-state index contributed by atoms with van der Waals surface area (Å²) >= 11 is 0. The maximum absolute atomic E-state index is 6.11. The van der Waals surface area contributed by atoms with E-state index in [0.29, 0.717) is 5.82 Å². The van der Waals surface area contributed by atoms with Crippen LogP contribution in [-0.4, -0.2) is 23.6 Å². The molecule has 4 nitrogen and oxygen atoms in total. The Morgan fingerprint density at radius 2 is 1.76 bits per heavy atom. The van der Waals surface area contributed by atoms with Crippen molar-refractivity contribution in [1.82, 2.24) is 9.97 Å². The molecule has 0 aromatic carbocycles. The molecule has 0 bridgehead atoms. The molecule has 0 spiro atoms. The molecule has 4 heteroatoms. The standard InChI is InChI=1S/C17H30N4/c1-12-14(18)19-16(17(2,3)4)20-15(12)21(5)11-13-9-7-6-8-10-13/h13H,6-11H2,1-5H3,(H2,18,19,20). The van der Waals surface area contributed by atoms with Crippen molar-refractivity contribution in [3.05, 3.63) is 11.4 Å². The molecule has 1 saturated carbocycles. The molecule has 0 aliphatic heterocycles. The Bertz CT molecular complexity index is 484. The van der Waals surface area contributed by atoms with Gasteiger partial charge in [-0.25, -0.2) is 9.97 Å². The lowest BCUT2D eigenvalue weighted by Crippen LogP contribution is -2.30. The molecule has 1 aromatic rings. The van der Waals surface area contributed by atoms with E-state index in [2.05, 4.69) is 37.7 Å². The largest absolute Gasteiger partial charge is 0.383 e. The van der Waals surface area contributed by atoms with Crippen molar-refractivity contribution in [1.29, 1.82) is 0 Å². The molecular weight excluding hydrogens is 260 g/mol. The van der Waals surface area contributed by atoms with Gasteiger partial charge in [-0.3, -0.25) is 0 Å². The molecule has 21 heavy (non-hydrogen) atoms. The van der Waals surface area contributed by atoms with Crippen LogP contribution in [0, 0.1) is 12.8 Å². The highest BCUT2D eigenvalue weighted by Gasteiger charge is 2.23. The monoisotopic (exact) mass is 290 g/mol. The number of nitrogens with two attached hydrogens (primary N) is 1. The first-order valence-corrected chi connectivity index (χ1v) is 8.14. The fourth-order valence-corrected chi connectivity index (χ4v) is 3.07. The van der Waals surface area contributed by atoms with E-state index in [4.69, 9.17) is 10.7 Å². The molecule has 1 fully saturated rings. The van der Waals surface area contributed by atoms with E-state index in [1.54, 1.807) is 0 Å². The molecule has 1 aromatic heterocycles. The van der Waals surface area contributed by atoms with Gasteiger partial charge in [0, 0.05) is 24.6 Å². The van der Waals surface area contributed by atoms with Gasteiger partial charge < -0.3 is 10.6 Å². The molecule has 1 aliphatic rings. The molecule has 2 rings (SSSR count). The molecule has 0 radical (unpaired) electrons. The van der Waals surface area contributed by atoms with E-state index in [1.165, 1.54) is 32.1 Å². The molecule has 0 atom stereocenters. The third kappa shape index (κ3) is 3.86. The molecule has 0 amide bonds. The fraction of sp³-hybridized carbons (Fsp3) is 0.765. The lowest BCUT2D eigenvalue weighted by atomic mass is 9.89. The first-order valence-electron chi connectivity index (χ1n) is 8.14.